The molecule has 0 spiro atoms. The number of hydrogen-bond donors (Lipinski definition) is 0. The predicted octanol–water partition coefficient (Wildman–Crippen LogP) is 15.9. The third kappa shape index (κ3) is 6.45. The quantitative estimate of drug-likeness (QED) is 0.110. The normalized spacial score (nSPS) is 12.2. The number of fused-ring (bicyclic) bond motifs is 12. The second-order valence-electron chi connectivity index (χ2n) is 20.4. The maximum atomic E-state index is 6.66. The first-order valence-corrected chi connectivity index (χ1v) is 28.5. The Morgan fingerprint density at radius 3 is 1.39 bits per heavy atom. The average molecular weight is 998 g/mol. The minimum atomic E-state index is -3.01. The van der Waals surface area contributed by atoms with Crippen LogP contribution in [0.3, 0.4) is 0 Å². The first kappa shape index (κ1) is 43.5. The van der Waals surface area contributed by atoms with E-state index in [9.17, 15) is 0 Å². The maximum absolute atomic E-state index is 6.66. The Balaban J connectivity index is 0.891. The molecule has 0 aliphatic carbocycles. The van der Waals surface area contributed by atoms with E-state index in [0.29, 0.717) is 0 Å². The zero-order chi connectivity index (χ0) is 50.6. The second kappa shape index (κ2) is 17.0. The number of rotatable bonds is 8. The van der Waals surface area contributed by atoms with Gasteiger partial charge >= 0.3 is 0 Å². The molecule has 0 unspecified atom stereocenters. The summed E-state index contributed by atoms with van der Waals surface area (Å²) in [5, 5.41) is 14.8. The fourth-order valence-electron chi connectivity index (χ4n) is 13.1. The molecule has 12 aromatic carbocycles. The number of benzene rings is 12. The van der Waals surface area contributed by atoms with Crippen molar-refractivity contribution in [3.63, 3.8) is 0 Å². The van der Waals surface area contributed by atoms with Crippen molar-refractivity contribution in [1.82, 2.24) is 13.7 Å². The van der Waals surface area contributed by atoms with Gasteiger partial charge in [-0.2, -0.15) is 0 Å². The van der Waals surface area contributed by atoms with Crippen molar-refractivity contribution in [2.75, 3.05) is 0 Å². The summed E-state index contributed by atoms with van der Waals surface area (Å²) in [5.41, 5.74) is 14.6. The molecule has 0 aliphatic rings. The highest BCUT2D eigenvalue weighted by atomic mass is 28.3. The molecule has 0 atom stereocenters. The lowest BCUT2D eigenvalue weighted by Crippen LogP contribution is -2.74. The van der Waals surface area contributed by atoms with Crippen LogP contribution in [-0.2, 0) is 0 Å². The van der Waals surface area contributed by atoms with Crippen molar-refractivity contribution in [3.8, 4) is 28.2 Å². The maximum Gasteiger partial charge on any atom is 0.179 e. The van der Waals surface area contributed by atoms with Crippen molar-refractivity contribution in [3.05, 3.63) is 285 Å². The molecule has 4 nitrogen and oxygen atoms in total. The molecule has 0 bridgehead atoms. The van der Waals surface area contributed by atoms with Gasteiger partial charge in [-0.25, -0.2) is 0 Å². The minimum absolute atomic E-state index is 0.905. The van der Waals surface area contributed by atoms with Gasteiger partial charge in [-0.1, -0.05) is 206 Å². The summed E-state index contributed by atoms with van der Waals surface area (Å²) in [6, 6.07) is 105. The van der Waals surface area contributed by atoms with Crippen LogP contribution in [0.1, 0.15) is 0 Å². The third-order valence-corrected chi connectivity index (χ3v) is 21.1. The molecule has 0 fully saturated rings. The molecule has 360 valence electrons. The van der Waals surface area contributed by atoms with E-state index in [-0.39, 0.29) is 0 Å². The molecular formula is C72H47N3OSi. The van der Waals surface area contributed by atoms with Crippen LogP contribution in [0.15, 0.2) is 290 Å². The van der Waals surface area contributed by atoms with Gasteiger partial charge in [0, 0.05) is 60.0 Å². The van der Waals surface area contributed by atoms with Crippen LogP contribution in [0.5, 0.6) is 0 Å². The molecule has 16 rings (SSSR count). The highest BCUT2D eigenvalue weighted by Gasteiger charge is 2.42. The fourth-order valence-corrected chi connectivity index (χ4v) is 17.9. The van der Waals surface area contributed by atoms with E-state index < -0.39 is 8.07 Å². The van der Waals surface area contributed by atoms with Crippen LogP contribution < -0.4 is 20.7 Å². The lowest BCUT2D eigenvalue weighted by molar-refractivity contribution is 0.669. The van der Waals surface area contributed by atoms with E-state index in [1.807, 2.05) is 0 Å². The molecule has 0 saturated heterocycles. The Kier molecular flexibility index (Phi) is 9.62. The van der Waals surface area contributed by atoms with Crippen molar-refractivity contribution < 1.29 is 4.42 Å². The van der Waals surface area contributed by atoms with Crippen LogP contribution in [0.4, 0.5) is 0 Å². The first-order valence-electron chi connectivity index (χ1n) is 26.5. The average Bonchev–Trinajstić information content (AvgIpc) is 4.25. The van der Waals surface area contributed by atoms with Gasteiger partial charge in [-0.05, 0) is 105 Å². The number of aromatic nitrogens is 3. The fraction of sp³-hybridized carbons (Fsp3) is 0. The van der Waals surface area contributed by atoms with Gasteiger partial charge in [0.15, 0.2) is 8.07 Å². The summed E-state index contributed by atoms with van der Waals surface area (Å²) < 4.78 is 14.0. The van der Waals surface area contributed by atoms with Crippen LogP contribution in [-0.4, -0.2) is 21.8 Å². The van der Waals surface area contributed by atoms with E-state index in [4.69, 9.17) is 4.42 Å². The smallest absolute Gasteiger partial charge is 0.179 e. The molecule has 0 N–H and O–H groups in total. The first-order chi connectivity index (χ1) is 38.2. The van der Waals surface area contributed by atoms with Crippen LogP contribution >= 0.6 is 0 Å². The Hall–Kier alpha value is -9.94. The second-order valence-corrected chi connectivity index (χ2v) is 24.2. The monoisotopic (exact) mass is 997 g/mol. The van der Waals surface area contributed by atoms with Crippen LogP contribution in [0, 0.1) is 0 Å². The molecular weight excluding hydrogens is 951 g/mol. The van der Waals surface area contributed by atoms with Crippen molar-refractivity contribution in [1.29, 1.82) is 0 Å². The van der Waals surface area contributed by atoms with Gasteiger partial charge in [0.25, 0.3) is 0 Å². The Morgan fingerprint density at radius 2 is 0.714 bits per heavy atom. The van der Waals surface area contributed by atoms with E-state index in [1.165, 1.54) is 86.3 Å². The molecule has 77 heavy (non-hydrogen) atoms. The summed E-state index contributed by atoms with van der Waals surface area (Å²) in [4.78, 5) is 0. The highest BCUT2D eigenvalue weighted by Crippen LogP contribution is 2.41. The summed E-state index contributed by atoms with van der Waals surface area (Å²) in [5.74, 6) is 0. The molecule has 0 aliphatic heterocycles. The molecule has 0 radical (unpaired) electrons. The van der Waals surface area contributed by atoms with Gasteiger partial charge in [0.2, 0.25) is 0 Å². The molecule has 16 aromatic rings. The lowest BCUT2D eigenvalue weighted by atomic mass is 10.0. The molecule has 0 saturated carbocycles. The van der Waals surface area contributed by atoms with Crippen molar-refractivity contribution in [2.45, 2.75) is 0 Å². The number of para-hydroxylation sites is 6. The van der Waals surface area contributed by atoms with Crippen LogP contribution in [0.25, 0.3) is 116 Å². The highest BCUT2D eigenvalue weighted by molar-refractivity contribution is 7.20. The van der Waals surface area contributed by atoms with Gasteiger partial charge in [0.1, 0.15) is 11.2 Å². The molecule has 4 aromatic heterocycles. The molecule has 0 amide bonds. The Labute approximate surface area is 445 Å². The van der Waals surface area contributed by atoms with Crippen molar-refractivity contribution in [2.24, 2.45) is 0 Å². The Bertz CT molecular complexity index is 4910. The van der Waals surface area contributed by atoms with E-state index in [2.05, 4.69) is 299 Å². The number of hydrogen-bond acceptors (Lipinski definition) is 1. The predicted molar refractivity (Wildman–Crippen MR) is 326 cm³/mol. The zero-order valence-electron chi connectivity index (χ0n) is 41.9. The van der Waals surface area contributed by atoms with Crippen LogP contribution in [0.2, 0.25) is 0 Å². The minimum Gasteiger partial charge on any atom is -0.456 e. The van der Waals surface area contributed by atoms with Gasteiger partial charge < -0.3 is 18.1 Å². The van der Waals surface area contributed by atoms with E-state index in [1.54, 1.807) is 0 Å². The molecule has 4 heterocycles. The summed E-state index contributed by atoms with van der Waals surface area (Å²) in [6.07, 6.45) is 0. The van der Waals surface area contributed by atoms with Gasteiger partial charge in [-0.3, -0.25) is 0 Å². The largest absolute Gasteiger partial charge is 0.456 e. The van der Waals surface area contributed by atoms with E-state index in [0.717, 1.165) is 50.0 Å². The standard InChI is InChI=1S/C72H47N3OSi/c1-3-21-51(22-4-1)77(52-23-5-2-6-24-52,54-40-42-62-61-31-12-18-37-71(61)76-72(62)47-54)53-25-19-20-49(45-53)74-65-33-14-8-29-58(65)60-41-39-50(46-70(60)74)73-66-34-15-11-30-59(66)63-44-48(38-43-69(63)73)55-26-7-13-32-64(55)75-67-35-16-9-27-56(67)57-28-10-17-36-68(57)75/h1-47H. The SMILES string of the molecule is c1ccc([Si](c2ccccc2)(c2cccc(-n3c4ccccc4c4ccc(-n5c6ccccc6c6cc(-c7ccccc7-n7c8ccccc8c8ccccc87)ccc65)cc43)c2)c2ccc3c(c2)oc2ccccc23)cc1. The number of nitrogens with zero attached hydrogens (tertiary/aromatic N) is 3. The summed E-state index contributed by atoms with van der Waals surface area (Å²) in [6.45, 7) is 0. The Morgan fingerprint density at radius 1 is 0.247 bits per heavy atom. The topological polar surface area (TPSA) is 27.9 Å². The van der Waals surface area contributed by atoms with Gasteiger partial charge in [-0.15, -0.1) is 0 Å². The third-order valence-electron chi connectivity index (χ3n) is 16.4. The van der Waals surface area contributed by atoms with Crippen molar-refractivity contribution >= 4 is 116 Å². The zero-order valence-corrected chi connectivity index (χ0v) is 42.9. The molecule has 5 heteroatoms. The summed E-state index contributed by atoms with van der Waals surface area (Å²) >= 11 is 0. The van der Waals surface area contributed by atoms with Gasteiger partial charge in [0.05, 0.1) is 38.8 Å². The lowest BCUT2D eigenvalue weighted by Gasteiger charge is -2.34. The summed E-state index contributed by atoms with van der Waals surface area (Å²) in [7, 11) is -3.01. The van der Waals surface area contributed by atoms with E-state index >= 15 is 0 Å². The number of furan rings is 1.